The van der Waals surface area contributed by atoms with E-state index < -0.39 is 18.1 Å². The van der Waals surface area contributed by atoms with Crippen molar-refractivity contribution in [3.8, 4) is 5.75 Å². The first-order valence-electron chi connectivity index (χ1n) is 6.64. The van der Waals surface area contributed by atoms with Gasteiger partial charge in [-0.1, -0.05) is 26.8 Å². The summed E-state index contributed by atoms with van der Waals surface area (Å²) in [5, 5.41) is 29.8. The maximum Gasteiger partial charge on any atom is 0.352 e. The first-order valence-corrected chi connectivity index (χ1v) is 6.64. The number of nitrogens with one attached hydrogen (secondary N) is 1. The fourth-order valence-corrected chi connectivity index (χ4v) is 2.27. The Hall–Kier alpha value is -2.05. The number of aliphatic hydroxyl groups is 1. The van der Waals surface area contributed by atoms with Gasteiger partial charge in [0.1, 0.15) is 11.4 Å². The van der Waals surface area contributed by atoms with Gasteiger partial charge in [0, 0.05) is 11.4 Å². The highest BCUT2D eigenvalue weighted by atomic mass is 16.4. The number of fused-ring (bicyclic) bond motifs is 1. The number of nitrogens with two attached hydrogens (primary N) is 1. The summed E-state index contributed by atoms with van der Waals surface area (Å²) in [6.07, 6.45) is -0.967. The lowest BCUT2D eigenvalue weighted by Crippen LogP contribution is -2.40. The van der Waals surface area contributed by atoms with Crippen molar-refractivity contribution in [2.45, 2.75) is 32.9 Å². The van der Waals surface area contributed by atoms with Gasteiger partial charge >= 0.3 is 5.97 Å². The maximum atomic E-state index is 11.1. The minimum absolute atomic E-state index is 0.0516. The first kappa shape index (κ1) is 15.3. The summed E-state index contributed by atoms with van der Waals surface area (Å²) < 4.78 is 0. The fourth-order valence-electron chi connectivity index (χ4n) is 2.27. The van der Waals surface area contributed by atoms with Crippen LogP contribution < -0.4 is 5.73 Å². The number of aromatic carboxylic acids is 1. The Balaban J connectivity index is 2.59. The quantitative estimate of drug-likeness (QED) is 0.592. The number of carboxylic acids is 1. The molecule has 2 aromatic rings. The highest BCUT2D eigenvalue weighted by molar-refractivity contribution is 5.97. The number of aromatic amines is 1. The van der Waals surface area contributed by atoms with E-state index in [0.717, 1.165) is 0 Å². The van der Waals surface area contributed by atoms with E-state index in [1.54, 1.807) is 6.07 Å². The summed E-state index contributed by atoms with van der Waals surface area (Å²) in [5.74, 6) is -1.20. The zero-order valence-electron chi connectivity index (χ0n) is 12.2. The summed E-state index contributed by atoms with van der Waals surface area (Å²) in [7, 11) is 0. The van der Waals surface area contributed by atoms with Crippen molar-refractivity contribution < 1.29 is 20.1 Å². The van der Waals surface area contributed by atoms with E-state index in [2.05, 4.69) is 4.98 Å². The summed E-state index contributed by atoms with van der Waals surface area (Å²) in [6.45, 7) is 5.74. The second-order valence-electron chi connectivity index (χ2n) is 6.29. The van der Waals surface area contributed by atoms with E-state index in [1.807, 2.05) is 20.8 Å². The largest absolute Gasteiger partial charge is 0.506 e. The van der Waals surface area contributed by atoms with Crippen LogP contribution in [0.2, 0.25) is 0 Å². The molecule has 0 spiro atoms. The van der Waals surface area contributed by atoms with Crippen LogP contribution in [-0.2, 0) is 0 Å². The van der Waals surface area contributed by atoms with Gasteiger partial charge in [0.25, 0.3) is 0 Å². The molecule has 0 radical (unpaired) electrons. The number of aromatic nitrogens is 1. The first-order chi connectivity index (χ1) is 9.62. The van der Waals surface area contributed by atoms with Gasteiger partial charge in [-0.2, -0.15) is 0 Å². The van der Waals surface area contributed by atoms with Crippen LogP contribution in [0.25, 0.3) is 10.9 Å². The van der Waals surface area contributed by atoms with E-state index in [-0.39, 0.29) is 22.4 Å². The molecule has 1 aromatic carbocycles. The van der Waals surface area contributed by atoms with E-state index in [0.29, 0.717) is 10.9 Å². The molecule has 0 saturated heterocycles. The van der Waals surface area contributed by atoms with Crippen LogP contribution >= 0.6 is 0 Å². The molecule has 0 fully saturated rings. The molecule has 0 aliphatic carbocycles. The average molecular weight is 292 g/mol. The molecule has 0 saturated carbocycles. The van der Waals surface area contributed by atoms with Gasteiger partial charge in [0.05, 0.1) is 11.6 Å². The molecule has 2 atom stereocenters. The molecule has 114 valence electrons. The summed E-state index contributed by atoms with van der Waals surface area (Å²) in [5.41, 5.74) is 6.48. The molecule has 2 rings (SSSR count). The summed E-state index contributed by atoms with van der Waals surface area (Å²) in [4.78, 5) is 13.7. The molecular formula is C15H20N2O4. The normalized spacial score (nSPS) is 15.1. The van der Waals surface area contributed by atoms with Crippen molar-refractivity contribution in [2.24, 2.45) is 11.1 Å². The van der Waals surface area contributed by atoms with Crippen LogP contribution in [0, 0.1) is 5.41 Å². The van der Waals surface area contributed by atoms with E-state index in [4.69, 9.17) is 10.8 Å². The minimum Gasteiger partial charge on any atom is -0.506 e. The molecule has 0 amide bonds. The number of phenolic OH excluding ortho intramolecular Hbond substituents is 1. The number of H-pyrrole nitrogens is 1. The van der Waals surface area contributed by atoms with Gasteiger partial charge < -0.3 is 26.0 Å². The lowest BCUT2D eigenvalue weighted by atomic mass is 9.81. The third-order valence-electron chi connectivity index (χ3n) is 3.69. The second kappa shape index (κ2) is 5.05. The van der Waals surface area contributed by atoms with E-state index in [9.17, 15) is 15.0 Å². The summed E-state index contributed by atoms with van der Waals surface area (Å²) in [6, 6.07) is 3.84. The molecular weight excluding hydrogens is 272 g/mol. The number of carboxylic acid groups (broad SMARTS) is 1. The zero-order chi connectivity index (χ0) is 15.9. The number of phenols is 1. The fraction of sp³-hybridized carbons (Fsp3) is 0.400. The molecule has 6 heteroatoms. The number of aliphatic hydroxyl groups excluding tert-OH is 1. The topological polar surface area (TPSA) is 120 Å². The molecule has 2 unspecified atom stereocenters. The van der Waals surface area contributed by atoms with Crippen LogP contribution in [0.1, 0.15) is 42.9 Å². The monoisotopic (exact) mass is 292 g/mol. The third kappa shape index (κ3) is 2.72. The Labute approximate surface area is 122 Å². The third-order valence-corrected chi connectivity index (χ3v) is 3.69. The molecule has 0 aliphatic rings. The van der Waals surface area contributed by atoms with Gasteiger partial charge in [-0.25, -0.2) is 4.79 Å². The molecule has 21 heavy (non-hydrogen) atoms. The highest BCUT2D eigenvalue weighted by Crippen LogP contribution is 2.35. The predicted molar refractivity (Wildman–Crippen MR) is 79.3 cm³/mol. The zero-order valence-corrected chi connectivity index (χ0v) is 12.2. The highest BCUT2D eigenvalue weighted by Gasteiger charge is 2.30. The van der Waals surface area contributed by atoms with Crippen molar-refractivity contribution >= 4 is 16.9 Å². The number of hydrogen-bond acceptors (Lipinski definition) is 4. The molecule has 1 aromatic heterocycles. The Morgan fingerprint density at radius 1 is 1.33 bits per heavy atom. The maximum absolute atomic E-state index is 11.1. The predicted octanol–water partition coefficient (Wildman–Crippen LogP) is 1.98. The average Bonchev–Trinajstić information content (AvgIpc) is 2.82. The van der Waals surface area contributed by atoms with Gasteiger partial charge in [0.2, 0.25) is 0 Å². The number of hydrogen-bond donors (Lipinski definition) is 5. The van der Waals surface area contributed by atoms with Crippen molar-refractivity contribution in [2.75, 3.05) is 0 Å². The smallest absolute Gasteiger partial charge is 0.352 e. The minimum atomic E-state index is -1.13. The second-order valence-corrected chi connectivity index (χ2v) is 6.29. The van der Waals surface area contributed by atoms with Crippen LogP contribution in [0.15, 0.2) is 18.2 Å². The Morgan fingerprint density at radius 3 is 2.48 bits per heavy atom. The SMILES string of the molecule is CC(C)(C)C(N)C(O)c1ccc(O)c2[nH]c(C(=O)O)cc12. The van der Waals surface area contributed by atoms with Crippen LogP contribution in [0.3, 0.4) is 0 Å². The van der Waals surface area contributed by atoms with Crippen LogP contribution in [-0.4, -0.2) is 32.3 Å². The van der Waals surface area contributed by atoms with Gasteiger partial charge in [-0.15, -0.1) is 0 Å². The Bertz CT molecular complexity index is 685. The standard InChI is InChI=1S/C15H20N2O4/c1-15(2,3)13(16)12(19)7-4-5-10(18)11-8(7)6-9(17-11)14(20)21/h4-6,12-13,17-19H,16H2,1-3H3,(H,20,21). The molecule has 6 N–H and O–H groups in total. The number of carbonyl (C=O) groups is 1. The number of rotatable bonds is 3. The number of benzene rings is 1. The Morgan fingerprint density at radius 2 is 1.95 bits per heavy atom. The lowest BCUT2D eigenvalue weighted by Gasteiger charge is -2.31. The Kier molecular flexibility index (Phi) is 3.69. The van der Waals surface area contributed by atoms with Crippen molar-refractivity contribution in [1.29, 1.82) is 0 Å². The lowest BCUT2D eigenvalue weighted by molar-refractivity contribution is 0.0691. The van der Waals surface area contributed by atoms with Crippen LogP contribution in [0.5, 0.6) is 5.75 Å². The molecule has 1 heterocycles. The number of aromatic hydroxyl groups is 1. The van der Waals surface area contributed by atoms with Gasteiger partial charge in [-0.05, 0) is 23.1 Å². The summed E-state index contributed by atoms with van der Waals surface area (Å²) >= 11 is 0. The van der Waals surface area contributed by atoms with Crippen molar-refractivity contribution in [3.63, 3.8) is 0 Å². The van der Waals surface area contributed by atoms with E-state index in [1.165, 1.54) is 12.1 Å². The van der Waals surface area contributed by atoms with Gasteiger partial charge in [0.15, 0.2) is 0 Å². The molecule has 6 nitrogen and oxygen atoms in total. The molecule has 0 aliphatic heterocycles. The van der Waals surface area contributed by atoms with Crippen molar-refractivity contribution in [3.05, 3.63) is 29.5 Å². The van der Waals surface area contributed by atoms with E-state index >= 15 is 0 Å². The molecule has 0 bridgehead atoms. The van der Waals surface area contributed by atoms with Gasteiger partial charge in [-0.3, -0.25) is 0 Å². The van der Waals surface area contributed by atoms with Crippen LogP contribution in [0.4, 0.5) is 0 Å². The van der Waals surface area contributed by atoms with Crippen molar-refractivity contribution in [1.82, 2.24) is 4.98 Å².